The summed E-state index contributed by atoms with van der Waals surface area (Å²) in [5.41, 5.74) is 1.16. The predicted molar refractivity (Wildman–Crippen MR) is 36.8 cm³/mol. The van der Waals surface area contributed by atoms with Gasteiger partial charge >= 0.3 is 56.3 Å². The van der Waals surface area contributed by atoms with Crippen LogP contribution in [0.1, 0.15) is 6.42 Å². The standard InChI is InChI=1S/C6H7NSe/c8-5-6-3-1-2-4-7-6/h2-5,7H,1H2. The number of dihydropyridines is 1. The van der Waals surface area contributed by atoms with Gasteiger partial charge in [-0.2, -0.15) is 0 Å². The van der Waals surface area contributed by atoms with Crippen molar-refractivity contribution in [3.05, 3.63) is 24.0 Å². The van der Waals surface area contributed by atoms with Crippen LogP contribution in [0.5, 0.6) is 0 Å². The molecule has 0 fully saturated rings. The molecule has 0 radical (unpaired) electrons. The van der Waals surface area contributed by atoms with Crippen molar-refractivity contribution >= 4 is 20.5 Å². The van der Waals surface area contributed by atoms with Crippen molar-refractivity contribution in [3.63, 3.8) is 0 Å². The Morgan fingerprint density at radius 1 is 1.75 bits per heavy atom. The van der Waals surface area contributed by atoms with Crippen LogP contribution in [0.3, 0.4) is 0 Å². The van der Waals surface area contributed by atoms with E-state index in [0.29, 0.717) is 0 Å². The van der Waals surface area contributed by atoms with E-state index >= 15 is 0 Å². The quantitative estimate of drug-likeness (QED) is 0.562. The number of hydrogen-bond acceptors (Lipinski definition) is 1. The van der Waals surface area contributed by atoms with Gasteiger partial charge in [-0.3, -0.25) is 0 Å². The normalized spacial score (nSPS) is 16.8. The van der Waals surface area contributed by atoms with Crippen molar-refractivity contribution in [1.82, 2.24) is 5.32 Å². The van der Waals surface area contributed by atoms with Crippen LogP contribution in [-0.4, -0.2) is 20.5 Å². The van der Waals surface area contributed by atoms with E-state index in [1.165, 1.54) is 0 Å². The molecule has 1 aliphatic heterocycles. The Morgan fingerprint density at radius 3 is 3.00 bits per heavy atom. The Bertz CT molecular complexity index is 147. The first-order valence-corrected chi connectivity index (χ1v) is 3.49. The SMILES string of the molecule is [Se]=CC1=CCC=CN1. The van der Waals surface area contributed by atoms with Gasteiger partial charge in [-0.1, -0.05) is 0 Å². The molecule has 0 amide bonds. The second kappa shape index (κ2) is 2.85. The minimum atomic E-state index is 1.04. The van der Waals surface area contributed by atoms with E-state index in [9.17, 15) is 0 Å². The molecule has 1 aliphatic rings. The monoisotopic (exact) mass is 173 g/mol. The predicted octanol–water partition coefficient (Wildman–Crippen LogP) is 0.348. The Labute approximate surface area is 56.8 Å². The molecule has 0 saturated heterocycles. The molecule has 42 valence electrons. The fourth-order valence-corrected chi connectivity index (χ4v) is 0.904. The molecule has 2 heteroatoms. The second-order valence-corrected chi connectivity index (χ2v) is 2.05. The molecule has 8 heavy (non-hydrogen) atoms. The molecule has 0 aromatic rings. The summed E-state index contributed by atoms with van der Waals surface area (Å²) < 4.78 is 0. The van der Waals surface area contributed by atoms with Crippen LogP contribution in [0.2, 0.25) is 0 Å². The average Bonchev–Trinajstić information content (AvgIpc) is 1.90. The molecular weight excluding hydrogens is 165 g/mol. The van der Waals surface area contributed by atoms with Gasteiger partial charge in [0.25, 0.3) is 0 Å². The molecular formula is C6H7NSe. The molecule has 0 aromatic carbocycles. The van der Waals surface area contributed by atoms with Gasteiger partial charge in [0.1, 0.15) is 0 Å². The third-order valence-corrected chi connectivity index (χ3v) is 1.50. The van der Waals surface area contributed by atoms with Gasteiger partial charge in [0, 0.05) is 0 Å². The van der Waals surface area contributed by atoms with E-state index in [-0.39, 0.29) is 0 Å². The fraction of sp³-hybridized carbons (Fsp3) is 0.167. The summed E-state index contributed by atoms with van der Waals surface area (Å²) in [5, 5.41) is 3.06. The Balaban J connectivity index is 2.55. The van der Waals surface area contributed by atoms with Crippen LogP contribution in [-0.2, 0) is 0 Å². The summed E-state index contributed by atoms with van der Waals surface area (Å²) in [6, 6.07) is 0. The molecule has 0 atom stereocenters. The van der Waals surface area contributed by atoms with Crippen LogP contribution in [0.25, 0.3) is 0 Å². The number of allylic oxidation sites excluding steroid dienone is 3. The Hall–Kier alpha value is -0.331. The van der Waals surface area contributed by atoms with Crippen molar-refractivity contribution in [3.8, 4) is 0 Å². The van der Waals surface area contributed by atoms with Gasteiger partial charge in [0.15, 0.2) is 0 Å². The maximum absolute atomic E-state index is 3.06. The summed E-state index contributed by atoms with van der Waals surface area (Å²) in [7, 11) is 0. The maximum atomic E-state index is 3.06. The van der Waals surface area contributed by atoms with Gasteiger partial charge in [-0.25, -0.2) is 0 Å². The van der Waals surface area contributed by atoms with Crippen molar-refractivity contribution in [2.24, 2.45) is 0 Å². The molecule has 0 spiro atoms. The third kappa shape index (κ3) is 1.32. The summed E-state index contributed by atoms with van der Waals surface area (Å²) in [4.78, 5) is 1.93. The molecule has 1 N–H and O–H groups in total. The minimum absolute atomic E-state index is 1.04. The first kappa shape index (κ1) is 5.80. The van der Waals surface area contributed by atoms with E-state index < -0.39 is 0 Å². The van der Waals surface area contributed by atoms with Crippen LogP contribution < -0.4 is 5.32 Å². The van der Waals surface area contributed by atoms with Gasteiger partial charge < -0.3 is 0 Å². The molecule has 0 saturated carbocycles. The topological polar surface area (TPSA) is 12.0 Å². The van der Waals surface area contributed by atoms with Gasteiger partial charge in [0.05, 0.1) is 0 Å². The number of nitrogens with one attached hydrogen (secondary N) is 1. The summed E-state index contributed by atoms with van der Waals surface area (Å²) in [5.74, 6) is 0. The summed E-state index contributed by atoms with van der Waals surface area (Å²) in [6.07, 6.45) is 7.19. The van der Waals surface area contributed by atoms with E-state index in [1.54, 1.807) is 0 Å². The molecule has 0 aliphatic carbocycles. The van der Waals surface area contributed by atoms with Crippen LogP contribution >= 0.6 is 0 Å². The fourth-order valence-electron chi connectivity index (χ4n) is 0.559. The molecule has 1 nitrogen and oxygen atoms in total. The van der Waals surface area contributed by atoms with Crippen molar-refractivity contribution < 1.29 is 0 Å². The molecule has 0 bridgehead atoms. The number of hydrogen-bond donors (Lipinski definition) is 1. The first-order valence-electron chi connectivity index (χ1n) is 2.50. The Morgan fingerprint density at radius 2 is 2.62 bits per heavy atom. The van der Waals surface area contributed by atoms with Crippen molar-refractivity contribution in [2.75, 3.05) is 0 Å². The zero-order valence-corrected chi connectivity index (χ0v) is 6.14. The Kier molecular flexibility index (Phi) is 2.07. The zero-order valence-electron chi connectivity index (χ0n) is 4.42. The van der Waals surface area contributed by atoms with Crippen LogP contribution in [0.15, 0.2) is 24.0 Å². The summed E-state index contributed by atoms with van der Waals surface area (Å²) in [6.45, 7) is 0. The van der Waals surface area contributed by atoms with Crippen LogP contribution in [0.4, 0.5) is 0 Å². The van der Waals surface area contributed by atoms with Crippen LogP contribution in [0, 0.1) is 0 Å². The molecule has 0 aromatic heterocycles. The average molecular weight is 172 g/mol. The van der Waals surface area contributed by atoms with E-state index in [4.69, 9.17) is 0 Å². The number of rotatable bonds is 1. The van der Waals surface area contributed by atoms with Gasteiger partial charge in [-0.05, 0) is 0 Å². The van der Waals surface area contributed by atoms with E-state index in [0.717, 1.165) is 12.1 Å². The third-order valence-electron chi connectivity index (χ3n) is 0.969. The van der Waals surface area contributed by atoms with Crippen molar-refractivity contribution in [2.45, 2.75) is 6.42 Å². The summed E-state index contributed by atoms with van der Waals surface area (Å²) >= 11 is 2.82. The van der Waals surface area contributed by atoms with Crippen molar-refractivity contribution in [1.29, 1.82) is 0 Å². The second-order valence-electron chi connectivity index (χ2n) is 1.56. The molecule has 1 rings (SSSR count). The molecule has 1 heterocycles. The first-order chi connectivity index (χ1) is 3.93. The molecule has 0 unspecified atom stereocenters. The van der Waals surface area contributed by atoms with Gasteiger partial charge in [0.2, 0.25) is 0 Å². The van der Waals surface area contributed by atoms with E-state index in [1.807, 2.05) is 11.1 Å². The zero-order chi connectivity index (χ0) is 5.82. The van der Waals surface area contributed by atoms with Gasteiger partial charge in [-0.15, -0.1) is 0 Å². The van der Waals surface area contributed by atoms with E-state index in [2.05, 4.69) is 33.0 Å².